The highest BCUT2D eigenvalue weighted by Gasteiger charge is 2.39. The predicted molar refractivity (Wildman–Crippen MR) is 80.5 cm³/mol. The fourth-order valence-electron chi connectivity index (χ4n) is 3.44. The van der Waals surface area contributed by atoms with E-state index in [0.717, 1.165) is 18.7 Å². The normalized spacial score (nSPS) is 29.4. The van der Waals surface area contributed by atoms with Crippen molar-refractivity contribution in [3.05, 3.63) is 0 Å². The average Bonchev–Trinajstić information content (AvgIpc) is 2.54. The van der Waals surface area contributed by atoms with E-state index in [1.807, 2.05) is 0 Å². The second-order valence-corrected chi connectivity index (χ2v) is 7.48. The standard InChI is InChI=1S/C16H32N2O/c1-13(2)17-11-14-7-8-15(12-17)18(14)9-6-10-19-16(3,4)5/h13-15H,6-12H2,1-5H3. The van der Waals surface area contributed by atoms with Gasteiger partial charge in [0, 0.05) is 44.4 Å². The van der Waals surface area contributed by atoms with Gasteiger partial charge in [-0.2, -0.15) is 0 Å². The van der Waals surface area contributed by atoms with Gasteiger partial charge in [-0.15, -0.1) is 0 Å². The van der Waals surface area contributed by atoms with Crippen LogP contribution < -0.4 is 0 Å². The third-order valence-electron chi connectivity index (χ3n) is 4.49. The molecule has 0 aromatic rings. The van der Waals surface area contributed by atoms with Crippen LogP contribution in [0.1, 0.15) is 53.9 Å². The summed E-state index contributed by atoms with van der Waals surface area (Å²) in [5.74, 6) is 0. The van der Waals surface area contributed by atoms with Gasteiger partial charge in [-0.3, -0.25) is 9.80 Å². The fraction of sp³-hybridized carbons (Fsp3) is 1.00. The lowest BCUT2D eigenvalue weighted by Gasteiger charge is -2.43. The van der Waals surface area contributed by atoms with E-state index in [1.165, 1.54) is 38.9 Å². The molecular formula is C16H32N2O. The van der Waals surface area contributed by atoms with Gasteiger partial charge in [-0.1, -0.05) is 0 Å². The lowest BCUT2D eigenvalue weighted by atomic mass is 10.1. The van der Waals surface area contributed by atoms with Crippen LogP contribution in [0.4, 0.5) is 0 Å². The van der Waals surface area contributed by atoms with Crippen LogP contribution >= 0.6 is 0 Å². The van der Waals surface area contributed by atoms with Gasteiger partial charge in [0.1, 0.15) is 0 Å². The second kappa shape index (κ2) is 6.11. The minimum atomic E-state index is 0.00925. The monoisotopic (exact) mass is 268 g/mol. The quantitative estimate of drug-likeness (QED) is 0.713. The van der Waals surface area contributed by atoms with Gasteiger partial charge in [0.2, 0.25) is 0 Å². The number of nitrogens with zero attached hydrogens (tertiary/aromatic N) is 2. The molecule has 0 aromatic carbocycles. The van der Waals surface area contributed by atoms with Gasteiger partial charge in [0.25, 0.3) is 0 Å². The summed E-state index contributed by atoms with van der Waals surface area (Å²) in [6, 6.07) is 2.31. The van der Waals surface area contributed by atoms with Crippen LogP contribution in [0.2, 0.25) is 0 Å². The minimum Gasteiger partial charge on any atom is -0.376 e. The lowest BCUT2D eigenvalue weighted by molar-refractivity contribution is -0.0139. The van der Waals surface area contributed by atoms with Crippen molar-refractivity contribution < 1.29 is 4.74 Å². The van der Waals surface area contributed by atoms with Crippen LogP contribution in [0, 0.1) is 0 Å². The zero-order chi connectivity index (χ0) is 14.0. The van der Waals surface area contributed by atoms with Crippen molar-refractivity contribution >= 4 is 0 Å². The lowest BCUT2D eigenvalue weighted by Crippen LogP contribution is -2.55. The molecule has 2 heterocycles. The van der Waals surface area contributed by atoms with E-state index in [0.29, 0.717) is 6.04 Å². The molecule has 112 valence electrons. The largest absolute Gasteiger partial charge is 0.376 e. The highest BCUT2D eigenvalue weighted by Crippen LogP contribution is 2.31. The molecule has 19 heavy (non-hydrogen) atoms. The van der Waals surface area contributed by atoms with Gasteiger partial charge < -0.3 is 4.74 Å². The number of rotatable bonds is 5. The molecule has 2 atom stereocenters. The van der Waals surface area contributed by atoms with Crippen LogP contribution in [0.25, 0.3) is 0 Å². The van der Waals surface area contributed by atoms with Gasteiger partial charge in [0.15, 0.2) is 0 Å². The Kier molecular flexibility index (Phi) is 4.91. The van der Waals surface area contributed by atoms with Crippen molar-refractivity contribution in [1.82, 2.24) is 9.80 Å². The van der Waals surface area contributed by atoms with Crippen molar-refractivity contribution in [2.24, 2.45) is 0 Å². The van der Waals surface area contributed by atoms with Crippen LogP contribution in [-0.2, 0) is 4.74 Å². The Morgan fingerprint density at radius 1 is 1.11 bits per heavy atom. The van der Waals surface area contributed by atoms with Crippen molar-refractivity contribution in [3.63, 3.8) is 0 Å². The molecule has 2 bridgehead atoms. The molecule has 3 heteroatoms. The van der Waals surface area contributed by atoms with E-state index >= 15 is 0 Å². The topological polar surface area (TPSA) is 15.7 Å². The summed E-state index contributed by atoms with van der Waals surface area (Å²) in [7, 11) is 0. The van der Waals surface area contributed by atoms with Crippen LogP contribution in [0.5, 0.6) is 0 Å². The first-order valence-corrected chi connectivity index (χ1v) is 8.00. The van der Waals surface area contributed by atoms with Crippen molar-refractivity contribution in [3.8, 4) is 0 Å². The van der Waals surface area contributed by atoms with Gasteiger partial charge in [-0.05, 0) is 53.9 Å². The maximum Gasteiger partial charge on any atom is 0.0598 e. The van der Waals surface area contributed by atoms with Crippen molar-refractivity contribution in [2.75, 3.05) is 26.2 Å². The Balaban J connectivity index is 1.74. The summed E-state index contributed by atoms with van der Waals surface area (Å²) < 4.78 is 5.83. The molecule has 0 N–H and O–H groups in total. The number of piperazine rings is 1. The Morgan fingerprint density at radius 2 is 1.68 bits per heavy atom. The molecule has 2 aliphatic heterocycles. The molecule has 2 fully saturated rings. The summed E-state index contributed by atoms with van der Waals surface area (Å²) in [4.78, 5) is 5.41. The Hall–Kier alpha value is -0.120. The SMILES string of the molecule is CC(C)N1CC2CCC(C1)N2CCCOC(C)(C)C. The van der Waals surface area contributed by atoms with Crippen LogP contribution in [-0.4, -0.2) is 59.8 Å². The van der Waals surface area contributed by atoms with E-state index in [4.69, 9.17) is 4.74 Å². The number of hydrogen-bond acceptors (Lipinski definition) is 3. The summed E-state index contributed by atoms with van der Waals surface area (Å²) in [5, 5.41) is 0. The minimum absolute atomic E-state index is 0.00925. The molecule has 0 aliphatic carbocycles. The maximum atomic E-state index is 5.83. The molecule has 0 amide bonds. The number of likely N-dealkylation sites (tertiary alicyclic amines) is 1. The number of hydrogen-bond donors (Lipinski definition) is 0. The summed E-state index contributed by atoms with van der Waals surface area (Å²) >= 11 is 0. The molecule has 2 aliphatic rings. The molecule has 2 unspecified atom stereocenters. The van der Waals surface area contributed by atoms with Gasteiger partial charge in [0.05, 0.1) is 5.60 Å². The van der Waals surface area contributed by atoms with E-state index in [-0.39, 0.29) is 5.60 Å². The number of fused-ring (bicyclic) bond motifs is 2. The number of ether oxygens (including phenoxy) is 1. The van der Waals surface area contributed by atoms with Gasteiger partial charge >= 0.3 is 0 Å². The summed E-state index contributed by atoms with van der Waals surface area (Å²) in [6.07, 6.45) is 3.97. The second-order valence-electron chi connectivity index (χ2n) is 7.48. The van der Waals surface area contributed by atoms with Crippen LogP contribution in [0.15, 0.2) is 0 Å². The molecule has 0 saturated carbocycles. The molecular weight excluding hydrogens is 236 g/mol. The molecule has 0 aromatic heterocycles. The predicted octanol–water partition coefficient (Wildman–Crippen LogP) is 2.75. The molecule has 3 nitrogen and oxygen atoms in total. The molecule has 0 radical (unpaired) electrons. The first kappa shape index (κ1) is 15.3. The maximum absolute atomic E-state index is 5.83. The zero-order valence-corrected chi connectivity index (χ0v) is 13.5. The zero-order valence-electron chi connectivity index (χ0n) is 13.5. The smallest absolute Gasteiger partial charge is 0.0598 e. The average molecular weight is 268 g/mol. The Labute approximate surface area is 119 Å². The van der Waals surface area contributed by atoms with Crippen LogP contribution in [0.3, 0.4) is 0 Å². The fourth-order valence-corrected chi connectivity index (χ4v) is 3.44. The highest BCUT2D eigenvalue weighted by molar-refractivity contribution is 4.96. The van der Waals surface area contributed by atoms with E-state index < -0.39 is 0 Å². The first-order valence-electron chi connectivity index (χ1n) is 8.00. The van der Waals surface area contributed by atoms with E-state index in [9.17, 15) is 0 Å². The summed E-state index contributed by atoms with van der Waals surface area (Å²) in [5.41, 5.74) is 0.00925. The van der Waals surface area contributed by atoms with E-state index in [1.54, 1.807) is 0 Å². The van der Waals surface area contributed by atoms with E-state index in [2.05, 4.69) is 44.4 Å². The summed E-state index contributed by atoms with van der Waals surface area (Å²) in [6.45, 7) is 15.7. The van der Waals surface area contributed by atoms with Gasteiger partial charge in [-0.25, -0.2) is 0 Å². The Bertz CT molecular complexity index is 271. The van der Waals surface area contributed by atoms with Crippen molar-refractivity contribution in [2.45, 2.75) is 77.6 Å². The Morgan fingerprint density at radius 3 is 2.16 bits per heavy atom. The first-order chi connectivity index (χ1) is 8.87. The third-order valence-corrected chi connectivity index (χ3v) is 4.49. The molecule has 0 spiro atoms. The third kappa shape index (κ3) is 4.17. The van der Waals surface area contributed by atoms with Crippen molar-refractivity contribution in [1.29, 1.82) is 0 Å². The highest BCUT2D eigenvalue weighted by atomic mass is 16.5. The molecule has 2 rings (SSSR count). The molecule has 2 saturated heterocycles.